The van der Waals surface area contributed by atoms with Crippen molar-refractivity contribution in [2.45, 2.75) is 13.8 Å². The van der Waals surface area contributed by atoms with Crippen molar-refractivity contribution < 1.29 is 4.79 Å². The first kappa shape index (κ1) is 11.1. The van der Waals surface area contributed by atoms with Crippen LogP contribution in [0.25, 0.3) is 10.6 Å². The summed E-state index contributed by atoms with van der Waals surface area (Å²) in [5.41, 5.74) is 1.78. The van der Waals surface area contributed by atoms with Gasteiger partial charge in [0, 0.05) is 11.5 Å². The summed E-state index contributed by atoms with van der Waals surface area (Å²) in [4.78, 5) is 26.6. The number of anilines is 1. The van der Waals surface area contributed by atoms with E-state index in [1.165, 1.54) is 26.8 Å². The van der Waals surface area contributed by atoms with Gasteiger partial charge in [0.15, 0.2) is 0 Å². The predicted molar refractivity (Wildman–Crippen MR) is 67.5 cm³/mol. The van der Waals surface area contributed by atoms with Crippen LogP contribution < -0.4 is 10.9 Å². The maximum Gasteiger partial charge on any atom is 0.273 e. The van der Waals surface area contributed by atoms with Gasteiger partial charge in [0.2, 0.25) is 5.91 Å². The van der Waals surface area contributed by atoms with Crippen LogP contribution in [0.15, 0.2) is 21.8 Å². The van der Waals surface area contributed by atoms with E-state index in [4.69, 9.17) is 0 Å². The Morgan fingerprint density at radius 1 is 1.50 bits per heavy atom. The lowest BCUT2D eigenvalue weighted by atomic mass is 10.3. The third-order valence-electron chi connectivity index (χ3n) is 1.91. The second-order valence-electron chi connectivity index (χ2n) is 3.58. The number of carbonyl (C=O) groups excluding carboxylic acids is 1. The molecule has 0 aliphatic carbocycles. The molecule has 0 fully saturated rings. The van der Waals surface area contributed by atoms with Gasteiger partial charge in [-0.1, -0.05) is 26.3 Å². The second kappa shape index (κ2) is 4.23. The molecule has 2 heterocycles. The Kier molecular flexibility index (Phi) is 2.93. The van der Waals surface area contributed by atoms with E-state index in [0.29, 0.717) is 5.69 Å². The number of hydrogen-bond acceptors (Lipinski definition) is 4. The number of H-pyrrole nitrogens is 1. The maximum absolute atomic E-state index is 11.5. The molecule has 2 aliphatic rings. The van der Waals surface area contributed by atoms with E-state index in [1.54, 1.807) is 0 Å². The predicted octanol–water partition coefficient (Wildman–Crippen LogP) is 2.51. The Bertz CT molecular complexity index is 572. The maximum atomic E-state index is 11.5. The van der Waals surface area contributed by atoms with Crippen LogP contribution in [-0.2, 0) is 4.79 Å². The van der Waals surface area contributed by atoms with Gasteiger partial charge in [-0.05, 0) is 13.8 Å². The molecular weight excluding hydrogens is 244 g/mol. The van der Waals surface area contributed by atoms with Crippen LogP contribution in [0.2, 0.25) is 0 Å². The molecule has 0 aromatic rings. The van der Waals surface area contributed by atoms with Gasteiger partial charge in [-0.25, -0.2) is 0 Å². The van der Waals surface area contributed by atoms with Gasteiger partial charge in [0.25, 0.3) is 5.56 Å². The molecule has 2 aliphatic heterocycles. The third kappa shape index (κ3) is 2.07. The quantitative estimate of drug-likeness (QED) is 0.639. The van der Waals surface area contributed by atoms with Crippen molar-refractivity contribution in [3.05, 3.63) is 27.4 Å². The van der Waals surface area contributed by atoms with Crippen LogP contribution >= 0.6 is 20.7 Å². The molecule has 84 valence electrons. The molecule has 0 saturated carbocycles. The Morgan fingerprint density at radius 2 is 2.25 bits per heavy atom. The molecule has 0 spiro atoms. The molecule has 0 atom stereocenters. The topological polar surface area (TPSA) is 62.0 Å². The van der Waals surface area contributed by atoms with E-state index in [9.17, 15) is 9.59 Å². The van der Waals surface area contributed by atoms with Crippen molar-refractivity contribution in [1.29, 1.82) is 0 Å². The Balaban J connectivity index is 2.31. The van der Waals surface area contributed by atoms with Crippen molar-refractivity contribution >= 4 is 32.3 Å². The highest BCUT2D eigenvalue weighted by molar-refractivity contribution is 7.70. The zero-order chi connectivity index (χ0) is 11.7. The molecule has 2 rings (SSSR count). The van der Waals surface area contributed by atoms with Crippen LogP contribution in [0.5, 0.6) is 0 Å². The van der Waals surface area contributed by atoms with E-state index in [1.807, 2.05) is 19.2 Å². The SMILES string of the molecule is CC(C)=CC(=O)Nc1c2sscc-2[nH]c1=O. The summed E-state index contributed by atoms with van der Waals surface area (Å²) in [6.45, 7) is 3.66. The van der Waals surface area contributed by atoms with Gasteiger partial charge in [-0.3, -0.25) is 9.59 Å². The van der Waals surface area contributed by atoms with Crippen molar-refractivity contribution in [2.75, 3.05) is 5.32 Å². The number of amides is 1. The molecule has 4 nitrogen and oxygen atoms in total. The summed E-state index contributed by atoms with van der Waals surface area (Å²) < 4.78 is 0. The average Bonchev–Trinajstić information content (AvgIpc) is 2.69. The minimum atomic E-state index is -0.267. The number of aromatic amines is 1. The minimum Gasteiger partial charge on any atom is -0.319 e. The first-order valence-electron chi connectivity index (χ1n) is 4.63. The molecule has 0 radical (unpaired) electrons. The summed E-state index contributed by atoms with van der Waals surface area (Å²) in [7, 11) is 3.00. The summed E-state index contributed by atoms with van der Waals surface area (Å²) in [6.07, 6.45) is 1.47. The monoisotopic (exact) mass is 254 g/mol. The highest BCUT2D eigenvalue weighted by Crippen LogP contribution is 2.35. The molecule has 6 heteroatoms. The van der Waals surface area contributed by atoms with Crippen molar-refractivity contribution in [2.24, 2.45) is 0 Å². The van der Waals surface area contributed by atoms with Gasteiger partial charge in [0.05, 0.1) is 10.6 Å². The lowest BCUT2D eigenvalue weighted by molar-refractivity contribution is -0.111. The fourth-order valence-electron chi connectivity index (χ4n) is 1.30. The van der Waals surface area contributed by atoms with E-state index in [2.05, 4.69) is 10.3 Å². The van der Waals surface area contributed by atoms with Gasteiger partial charge in [-0.2, -0.15) is 0 Å². The highest BCUT2D eigenvalue weighted by Gasteiger charge is 2.17. The van der Waals surface area contributed by atoms with Gasteiger partial charge >= 0.3 is 0 Å². The van der Waals surface area contributed by atoms with Crippen LogP contribution in [0.1, 0.15) is 13.8 Å². The average molecular weight is 254 g/mol. The lowest BCUT2D eigenvalue weighted by Crippen LogP contribution is -2.14. The van der Waals surface area contributed by atoms with E-state index in [-0.39, 0.29) is 11.5 Å². The van der Waals surface area contributed by atoms with E-state index in [0.717, 1.165) is 16.1 Å². The molecule has 0 aromatic heterocycles. The molecule has 2 N–H and O–H groups in total. The summed E-state index contributed by atoms with van der Waals surface area (Å²) >= 11 is 0. The Hall–Kier alpha value is -1.40. The molecule has 0 aromatic carbocycles. The number of nitrogens with one attached hydrogen (secondary N) is 2. The molecule has 0 bridgehead atoms. The number of fused-ring (bicyclic) bond motifs is 1. The molecule has 0 saturated heterocycles. The van der Waals surface area contributed by atoms with Crippen LogP contribution in [0.4, 0.5) is 5.69 Å². The molecule has 16 heavy (non-hydrogen) atoms. The van der Waals surface area contributed by atoms with Crippen molar-refractivity contribution in [3.63, 3.8) is 0 Å². The fraction of sp³-hybridized carbons (Fsp3) is 0.200. The minimum absolute atomic E-state index is 0.246. The van der Waals surface area contributed by atoms with Crippen LogP contribution in [0, 0.1) is 0 Å². The first-order valence-corrected chi connectivity index (χ1v) is 6.84. The standard InChI is InChI=1S/C10H10N2O2S2/c1-5(2)3-7(13)12-8-9-6(4-15-16-9)11-10(8)14/h3-4H,1-2H3,(H,11,14)(H,12,13). The van der Waals surface area contributed by atoms with Crippen LogP contribution in [0.3, 0.4) is 0 Å². The van der Waals surface area contributed by atoms with Crippen LogP contribution in [-0.4, -0.2) is 10.9 Å². The van der Waals surface area contributed by atoms with Gasteiger partial charge in [0.1, 0.15) is 5.69 Å². The van der Waals surface area contributed by atoms with Crippen molar-refractivity contribution in [3.8, 4) is 10.6 Å². The lowest BCUT2D eigenvalue weighted by Gasteiger charge is -1.98. The molecule has 1 amide bonds. The van der Waals surface area contributed by atoms with E-state index >= 15 is 0 Å². The molecular formula is C10H10N2O2S2. The third-order valence-corrected chi connectivity index (χ3v) is 4.01. The largest absolute Gasteiger partial charge is 0.319 e. The number of rotatable bonds is 2. The summed E-state index contributed by atoms with van der Waals surface area (Å²) in [6, 6.07) is 0. The summed E-state index contributed by atoms with van der Waals surface area (Å²) in [5.74, 6) is -0.267. The first-order chi connectivity index (χ1) is 7.58. The highest BCUT2D eigenvalue weighted by atomic mass is 32.9. The Morgan fingerprint density at radius 3 is 2.94 bits per heavy atom. The number of carbonyl (C=O) groups is 1. The zero-order valence-electron chi connectivity index (χ0n) is 8.79. The van der Waals surface area contributed by atoms with Gasteiger partial charge in [-0.15, -0.1) is 0 Å². The number of aromatic nitrogens is 1. The number of allylic oxidation sites excluding steroid dienone is 1. The smallest absolute Gasteiger partial charge is 0.273 e. The van der Waals surface area contributed by atoms with E-state index < -0.39 is 0 Å². The zero-order valence-corrected chi connectivity index (χ0v) is 10.4. The normalized spacial score (nSPS) is 10.4. The number of hydrogen-bond donors (Lipinski definition) is 2. The second-order valence-corrected chi connectivity index (χ2v) is 5.66. The van der Waals surface area contributed by atoms with Gasteiger partial charge < -0.3 is 10.3 Å². The fourth-order valence-corrected chi connectivity index (χ4v) is 3.46. The molecule has 0 unspecified atom stereocenters. The summed E-state index contributed by atoms with van der Waals surface area (Å²) in [5, 5.41) is 4.47. The Labute approximate surface area is 99.4 Å². The van der Waals surface area contributed by atoms with Crippen molar-refractivity contribution in [1.82, 2.24) is 4.98 Å².